The second-order valence-corrected chi connectivity index (χ2v) is 6.99. The van der Waals surface area contributed by atoms with Crippen molar-refractivity contribution in [2.45, 2.75) is 18.6 Å². The normalized spacial score (nSPS) is 26.2. The highest BCUT2D eigenvalue weighted by Gasteiger charge is 2.36. The number of morpholine rings is 1. The molecule has 1 aromatic heterocycles. The van der Waals surface area contributed by atoms with E-state index in [1.807, 2.05) is 18.2 Å². The molecule has 0 N–H and O–H groups in total. The summed E-state index contributed by atoms with van der Waals surface area (Å²) in [4.78, 5) is 6.79. The molecule has 0 amide bonds. The lowest BCUT2D eigenvalue weighted by atomic mass is 9.99. The van der Waals surface area contributed by atoms with Gasteiger partial charge in [-0.2, -0.15) is 0 Å². The van der Waals surface area contributed by atoms with E-state index in [1.54, 1.807) is 6.20 Å². The smallest absolute Gasteiger partial charge is 0.0909 e. The van der Waals surface area contributed by atoms with Crippen LogP contribution < -0.4 is 4.90 Å². The van der Waals surface area contributed by atoms with Gasteiger partial charge in [0, 0.05) is 37.3 Å². The third-order valence-corrected chi connectivity index (χ3v) is 5.57. The zero-order valence-corrected chi connectivity index (χ0v) is 14.2. The molecule has 2 aliphatic rings. The maximum Gasteiger partial charge on any atom is 0.0909 e. The summed E-state index contributed by atoms with van der Waals surface area (Å²) in [6, 6.07) is 8.67. The summed E-state index contributed by atoms with van der Waals surface area (Å²) >= 11 is 6.48. The van der Waals surface area contributed by atoms with E-state index in [9.17, 15) is 0 Å². The molecule has 2 aromatic rings. The summed E-state index contributed by atoms with van der Waals surface area (Å²) in [5.41, 5.74) is 2.08. The molecular weight excluding hydrogens is 317 g/mol. The van der Waals surface area contributed by atoms with Crippen LogP contribution in [-0.2, 0) is 4.74 Å². The highest BCUT2D eigenvalue weighted by molar-refractivity contribution is 7.13. The molecule has 3 atom stereocenters. The van der Waals surface area contributed by atoms with E-state index >= 15 is 0 Å². The number of para-hydroxylation sites is 1. The van der Waals surface area contributed by atoms with Crippen molar-refractivity contribution in [2.24, 2.45) is 0 Å². The second kappa shape index (κ2) is 5.93. The van der Waals surface area contributed by atoms with Crippen LogP contribution >= 0.6 is 21.0 Å². The second-order valence-electron chi connectivity index (χ2n) is 5.92. The Bertz CT molecular complexity index is 698. The molecule has 3 heterocycles. The summed E-state index contributed by atoms with van der Waals surface area (Å²) in [5, 5.41) is 1.84. The molecule has 0 spiro atoms. The minimum Gasteiger partial charge on any atom is -0.373 e. The molecule has 4 nitrogen and oxygen atoms in total. The summed E-state index contributed by atoms with van der Waals surface area (Å²) in [5.74, 6) is 0. The first-order valence-electron chi connectivity index (χ1n) is 7.65. The van der Waals surface area contributed by atoms with Crippen LogP contribution in [0.4, 0.5) is 5.69 Å². The summed E-state index contributed by atoms with van der Waals surface area (Å²) in [6.45, 7) is 3.65. The first-order chi connectivity index (χ1) is 10.7. The molecule has 0 radical (unpaired) electrons. The molecule has 0 bridgehead atoms. The molecular formula is C16H19ClN3OP. The number of halogens is 1. The molecule has 2 aliphatic heterocycles. The number of rotatable bonds is 1. The van der Waals surface area contributed by atoms with Crippen molar-refractivity contribution in [3.8, 4) is 0 Å². The maximum atomic E-state index is 6.48. The zero-order valence-electron chi connectivity index (χ0n) is 12.3. The lowest BCUT2D eigenvalue weighted by Gasteiger charge is -2.46. The lowest BCUT2D eigenvalue weighted by Crippen LogP contribution is -2.56. The Labute approximate surface area is 137 Å². The van der Waals surface area contributed by atoms with Crippen LogP contribution in [0.1, 0.15) is 6.42 Å². The Morgan fingerprint density at radius 3 is 3.05 bits per heavy atom. The Morgan fingerprint density at radius 2 is 2.14 bits per heavy atom. The van der Waals surface area contributed by atoms with Crippen molar-refractivity contribution in [3.05, 3.63) is 35.5 Å². The minimum atomic E-state index is 0.239. The third kappa shape index (κ3) is 2.48. The van der Waals surface area contributed by atoms with Gasteiger partial charge in [-0.05, 0) is 12.5 Å². The van der Waals surface area contributed by atoms with E-state index in [4.69, 9.17) is 16.3 Å². The first-order valence-corrected chi connectivity index (χ1v) is 8.54. The van der Waals surface area contributed by atoms with Crippen LogP contribution in [0.5, 0.6) is 0 Å². The summed E-state index contributed by atoms with van der Waals surface area (Å²) < 4.78 is 8.35. The Balaban J connectivity index is 1.69. The number of benzene rings is 1. The number of ether oxygens (including phenoxy) is 1. The van der Waals surface area contributed by atoms with Gasteiger partial charge in [0.1, 0.15) is 0 Å². The summed E-state index contributed by atoms with van der Waals surface area (Å²) in [7, 11) is 2.85. The zero-order chi connectivity index (χ0) is 15.1. The molecule has 2 unspecified atom stereocenters. The molecule has 0 saturated carbocycles. The number of fused-ring (bicyclic) bond motifs is 2. The average molecular weight is 336 g/mol. The third-order valence-electron chi connectivity index (χ3n) is 4.65. The number of nitrogens with zero attached hydrogens (tertiary/aromatic N) is 3. The molecule has 22 heavy (non-hydrogen) atoms. The van der Waals surface area contributed by atoms with Gasteiger partial charge >= 0.3 is 0 Å². The van der Waals surface area contributed by atoms with Gasteiger partial charge in [-0.3, -0.25) is 9.65 Å². The topological polar surface area (TPSA) is 28.6 Å². The van der Waals surface area contributed by atoms with Crippen LogP contribution in [0.15, 0.2) is 30.5 Å². The minimum absolute atomic E-state index is 0.239. The van der Waals surface area contributed by atoms with Crippen molar-refractivity contribution in [1.29, 1.82) is 0 Å². The molecule has 4 rings (SSSR count). The van der Waals surface area contributed by atoms with Gasteiger partial charge in [0.2, 0.25) is 0 Å². The predicted octanol–water partition coefficient (Wildman–Crippen LogP) is 2.96. The number of aromatic nitrogens is 1. The van der Waals surface area contributed by atoms with Crippen molar-refractivity contribution in [3.63, 3.8) is 0 Å². The molecule has 6 heteroatoms. The number of hydrogen-bond donors (Lipinski definition) is 0. The largest absolute Gasteiger partial charge is 0.373 e. The fourth-order valence-electron chi connectivity index (χ4n) is 3.55. The van der Waals surface area contributed by atoms with E-state index in [-0.39, 0.29) is 6.10 Å². The van der Waals surface area contributed by atoms with Gasteiger partial charge in [-0.15, -0.1) is 0 Å². The number of piperidine rings is 1. The van der Waals surface area contributed by atoms with Crippen molar-refractivity contribution >= 4 is 37.6 Å². The monoisotopic (exact) mass is 335 g/mol. The van der Waals surface area contributed by atoms with Gasteiger partial charge < -0.3 is 9.64 Å². The maximum absolute atomic E-state index is 6.48. The first kappa shape index (κ1) is 14.6. The van der Waals surface area contributed by atoms with Gasteiger partial charge in [0.15, 0.2) is 0 Å². The average Bonchev–Trinajstić information content (AvgIpc) is 2.55. The summed E-state index contributed by atoms with van der Waals surface area (Å²) in [6.07, 6.45) is 3.08. The van der Waals surface area contributed by atoms with Gasteiger partial charge in [0.25, 0.3) is 0 Å². The standard InChI is InChI=1S/C16H19ClN3OP/c17-12-9-18-13-4-2-1-3-11(13)16(12)19-6-5-14-15(10-19)21-8-7-20(14)22/h1-4,9,14-15H,5-8,10,22H2/t14?,15-/m0/s1. The van der Waals surface area contributed by atoms with E-state index in [0.717, 1.165) is 54.3 Å². The van der Waals surface area contributed by atoms with Crippen molar-refractivity contribution in [1.82, 2.24) is 9.65 Å². The van der Waals surface area contributed by atoms with E-state index in [1.165, 1.54) is 0 Å². The molecule has 2 saturated heterocycles. The van der Waals surface area contributed by atoms with Crippen LogP contribution in [0.2, 0.25) is 5.02 Å². The Morgan fingerprint density at radius 1 is 1.27 bits per heavy atom. The van der Waals surface area contributed by atoms with Gasteiger partial charge in [-0.1, -0.05) is 39.2 Å². The lowest BCUT2D eigenvalue weighted by molar-refractivity contribution is -0.0423. The van der Waals surface area contributed by atoms with Crippen LogP contribution in [0.25, 0.3) is 10.9 Å². The quantitative estimate of drug-likeness (QED) is 0.749. The van der Waals surface area contributed by atoms with E-state index in [0.29, 0.717) is 6.04 Å². The number of hydrogen-bond acceptors (Lipinski definition) is 4. The van der Waals surface area contributed by atoms with Crippen molar-refractivity contribution in [2.75, 3.05) is 31.1 Å². The predicted molar refractivity (Wildman–Crippen MR) is 93.5 cm³/mol. The fourth-order valence-corrected chi connectivity index (χ4v) is 4.27. The highest BCUT2D eigenvalue weighted by atomic mass is 35.5. The number of anilines is 1. The van der Waals surface area contributed by atoms with Crippen LogP contribution in [0.3, 0.4) is 0 Å². The SMILES string of the molecule is PN1CCO[C@H]2CN(c3c(Cl)cnc4ccccc34)CCC21. The van der Waals surface area contributed by atoms with Crippen LogP contribution in [0, 0.1) is 0 Å². The Hall–Kier alpha value is -0.930. The highest BCUT2D eigenvalue weighted by Crippen LogP contribution is 2.36. The molecule has 116 valence electrons. The van der Waals surface area contributed by atoms with Crippen LogP contribution in [-0.4, -0.2) is 48.0 Å². The number of pyridine rings is 1. The van der Waals surface area contributed by atoms with E-state index < -0.39 is 0 Å². The van der Waals surface area contributed by atoms with Gasteiger partial charge in [0.05, 0.1) is 28.9 Å². The molecule has 2 fully saturated rings. The molecule has 0 aliphatic carbocycles. The fraction of sp³-hybridized carbons (Fsp3) is 0.438. The Kier molecular flexibility index (Phi) is 3.95. The van der Waals surface area contributed by atoms with Crippen molar-refractivity contribution < 1.29 is 4.74 Å². The molecule has 1 aromatic carbocycles. The van der Waals surface area contributed by atoms with Gasteiger partial charge in [-0.25, -0.2) is 0 Å². The van der Waals surface area contributed by atoms with E-state index in [2.05, 4.69) is 30.0 Å².